The quantitative estimate of drug-likeness (QED) is 0.522. The lowest BCUT2D eigenvalue weighted by molar-refractivity contribution is 0.219. The molecule has 0 aliphatic carbocycles. The Bertz CT molecular complexity index is 46.2. The molecule has 0 saturated carbocycles. The van der Waals surface area contributed by atoms with Crippen molar-refractivity contribution in [1.29, 1.82) is 0 Å². The third kappa shape index (κ3) is 8.35. The fraction of sp³-hybridized carbons (Fsp3) is 1.00. The molecular formula is C5H18O2Si2. The highest BCUT2D eigenvalue weighted by atomic mass is 28.3. The van der Waals surface area contributed by atoms with Gasteiger partial charge in [-0.1, -0.05) is 0 Å². The summed E-state index contributed by atoms with van der Waals surface area (Å²) in [6, 6.07) is 0. The molecule has 0 radical (unpaired) electrons. The maximum Gasteiger partial charge on any atom is 0.318 e. The molecule has 0 bridgehead atoms. The smallest absolute Gasteiger partial charge is 0.318 e. The Kier molecular flexibility index (Phi) is 11.2. The maximum atomic E-state index is 5.20. The summed E-state index contributed by atoms with van der Waals surface area (Å²) >= 11 is 0. The fourth-order valence-electron chi connectivity index (χ4n) is 0.518. The average Bonchev–Trinajstić information content (AvgIpc) is 1.68. The van der Waals surface area contributed by atoms with E-state index in [1.54, 1.807) is 0 Å². The molecule has 0 atom stereocenters. The van der Waals surface area contributed by atoms with Crippen molar-refractivity contribution >= 4 is 20.2 Å². The number of rotatable bonds is 4. The molecule has 0 rings (SSSR count). The lowest BCUT2D eigenvalue weighted by Gasteiger charge is -2.07. The van der Waals surface area contributed by atoms with E-state index >= 15 is 0 Å². The minimum absolute atomic E-state index is 0. The van der Waals surface area contributed by atoms with Gasteiger partial charge in [0.05, 0.1) is 0 Å². The van der Waals surface area contributed by atoms with Crippen LogP contribution in [-0.4, -0.2) is 33.5 Å². The zero-order valence-corrected chi connectivity index (χ0v) is 6.96. The maximum absolute atomic E-state index is 5.20. The second-order valence-electron chi connectivity index (χ2n) is 1.48. The van der Waals surface area contributed by atoms with Crippen LogP contribution in [-0.2, 0) is 8.85 Å². The van der Waals surface area contributed by atoms with Gasteiger partial charge >= 0.3 is 9.28 Å². The van der Waals surface area contributed by atoms with Crippen LogP contribution in [0.5, 0.6) is 0 Å². The Balaban J connectivity index is 0. The molecule has 2 nitrogen and oxygen atoms in total. The van der Waals surface area contributed by atoms with Crippen LogP contribution in [0, 0.1) is 0 Å². The van der Waals surface area contributed by atoms with Gasteiger partial charge in [-0.05, 0) is 31.4 Å². The van der Waals surface area contributed by atoms with Crippen LogP contribution in [0.3, 0.4) is 0 Å². The van der Waals surface area contributed by atoms with E-state index in [2.05, 4.69) is 0 Å². The summed E-state index contributed by atoms with van der Waals surface area (Å²) in [5, 5.41) is 0. The van der Waals surface area contributed by atoms with Crippen molar-refractivity contribution in [2.24, 2.45) is 0 Å². The predicted molar refractivity (Wildman–Crippen MR) is 47.6 cm³/mol. The van der Waals surface area contributed by atoms with E-state index in [4.69, 9.17) is 8.85 Å². The molecule has 0 N–H and O–H groups in total. The van der Waals surface area contributed by atoms with Gasteiger partial charge in [0.15, 0.2) is 0 Å². The van der Waals surface area contributed by atoms with E-state index in [1.807, 2.05) is 20.4 Å². The van der Waals surface area contributed by atoms with Gasteiger partial charge in [0.2, 0.25) is 0 Å². The molecule has 0 amide bonds. The molecule has 0 fully saturated rings. The Hall–Kier alpha value is 0.354. The van der Waals surface area contributed by atoms with Crippen molar-refractivity contribution < 1.29 is 8.85 Å². The topological polar surface area (TPSA) is 18.5 Å². The first-order chi connectivity index (χ1) is 3.81. The normalized spacial score (nSPS) is 9.33. The largest absolute Gasteiger partial charge is 0.397 e. The second kappa shape index (κ2) is 8.35. The Morgan fingerprint density at radius 2 is 1.44 bits per heavy atom. The molecule has 0 aliphatic heterocycles. The van der Waals surface area contributed by atoms with Crippen LogP contribution >= 0.6 is 0 Å². The van der Waals surface area contributed by atoms with E-state index < -0.39 is 9.28 Å². The average molecular weight is 166 g/mol. The molecule has 58 valence electrons. The van der Waals surface area contributed by atoms with Gasteiger partial charge in [0.1, 0.15) is 0 Å². The van der Waals surface area contributed by atoms with Crippen molar-refractivity contribution in [3.8, 4) is 0 Å². The molecule has 0 heterocycles. The minimum Gasteiger partial charge on any atom is -0.397 e. The summed E-state index contributed by atoms with van der Waals surface area (Å²) in [6.07, 6.45) is 0. The van der Waals surface area contributed by atoms with Crippen molar-refractivity contribution in [2.75, 3.05) is 13.2 Å². The first-order valence-electron chi connectivity index (χ1n) is 3.04. The number of hydrogen-bond acceptors (Lipinski definition) is 2. The first-order valence-corrected chi connectivity index (χ1v) is 5.14. The molecule has 0 aliphatic rings. The van der Waals surface area contributed by atoms with Crippen molar-refractivity contribution in [1.82, 2.24) is 0 Å². The molecule has 4 heteroatoms. The molecule has 0 aromatic rings. The molecule has 0 aromatic heterocycles. The Morgan fingerprint density at radius 3 is 1.67 bits per heavy atom. The van der Waals surface area contributed by atoms with Crippen molar-refractivity contribution in [3.05, 3.63) is 0 Å². The van der Waals surface area contributed by atoms with Gasteiger partial charge in [-0.2, -0.15) is 0 Å². The van der Waals surface area contributed by atoms with E-state index in [9.17, 15) is 0 Å². The zero-order chi connectivity index (χ0) is 6.41. The molecule has 0 saturated heterocycles. The molecule has 9 heavy (non-hydrogen) atoms. The Labute approximate surface area is 63.4 Å². The summed E-state index contributed by atoms with van der Waals surface area (Å²) < 4.78 is 10.4. The summed E-state index contributed by atoms with van der Waals surface area (Å²) in [5.41, 5.74) is 0. The van der Waals surface area contributed by atoms with Crippen molar-refractivity contribution in [2.45, 2.75) is 20.4 Å². The molecule has 0 aromatic carbocycles. The lowest BCUT2D eigenvalue weighted by atomic mass is 10.9. The monoisotopic (exact) mass is 166 g/mol. The van der Waals surface area contributed by atoms with Crippen LogP contribution in [0.4, 0.5) is 0 Å². The van der Waals surface area contributed by atoms with Gasteiger partial charge in [0, 0.05) is 13.2 Å². The highest BCUT2D eigenvalue weighted by molar-refractivity contribution is 6.42. The summed E-state index contributed by atoms with van der Waals surface area (Å²) in [6.45, 7) is 7.58. The minimum atomic E-state index is -1.20. The van der Waals surface area contributed by atoms with E-state index in [1.165, 1.54) is 0 Å². The van der Waals surface area contributed by atoms with Crippen LogP contribution in [0.1, 0.15) is 13.8 Å². The fourth-order valence-corrected chi connectivity index (χ4v) is 1.55. The summed E-state index contributed by atoms with van der Waals surface area (Å²) in [4.78, 5) is 0. The molecule has 0 unspecified atom stereocenters. The summed E-state index contributed by atoms with van der Waals surface area (Å²) in [5.74, 6) is 0. The van der Waals surface area contributed by atoms with E-state index in [-0.39, 0.29) is 11.0 Å². The van der Waals surface area contributed by atoms with Crippen LogP contribution in [0.2, 0.25) is 6.55 Å². The van der Waals surface area contributed by atoms with Crippen LogP contribution < -0.4 is 0 Å². The van der Waals surface area contributed by atoms with Gasteiger partial charge in [0.25, 0.3) is 0 Å². The molecular weight excluding hydrogens is 148 g/mol. The van der Waals surface area contributed by atoms with Gasteiger partial charge in [-0.15, -0.1) is 0 Å². The molecule has 0 spiro atoms. The summed E-state index contributed by atoms with van der Waals surface area (Å²) in [7, 11) is -1.20. The highest BCUT2D eigenvalue weighted by Gasteiger charge is 1.99. The van der Waals surface area contributed by atoms with Gasteiger partial charge < -0.3 is 8.85 Å². The lowest BCUT2D eigenvalue weighted by Crippen LogP contribution is -2.17. The SMILES string of the molecule is CCO[SiH](C)OCC.[SiH4]. The van der Waals surface area contributed by atoms with E-state index in [0.29, 0.717) is 0 Å². The van der Waals surface area contributed by atoms with E-state index in [0.717, 1.165) is 13.2 Å². The zero-order valence-electron chi connectivity index (χ0n) is 5.81. The van der Waals surface area contributed by atoms with Crippen molar-refractivity contribution in [3.63, 3.8) is 0 Å². The Morgan fingerprint density at radius 1 is 1.11 bits per heavy atom. The van der Waals surface area contributed by atoms with Crippen LogP contribution in [0.15, 0.2) is 0 Å². The third-order valence-electron chi connectivity index (χ3n) is 0.803. The van der Waals surface area contributed by atoms with Crippen LogP contribution in [0.25, 0.3) is 0 Å². The van der Waals surface area contributed by atoms with Gasteiger partial charge in [-0.3, -0.25) is 0 Å². The predicted octanol–water partition coefficient (Wildman–Crippen LogP) is -0.542. The third-order valence-corrected chi connectivity index (χ3v) is 2.41. The van der Waals surface area contributed by atoms with Gasteiger partial charge in [-0.25, -0.2) is 0 Å². The standard InChI is InChI=1S/C5H14O2Si.H4Si/c1-4-6-8(3)7-5-2;/h8H,4-5H2,1-3H3;1H4. The second-order valence-corrected chi connectivity index (χ2v) is 3.28. The first kappa shape index (κ1) is 12.1. The highest BCUT2D eigenvalue weighted by Crippen LogP contribution is 1.85. The number of hydrogen-bond donors (Lipinski definition) is 0.